The molecule has 0 aromatic carbocycles. The summed E-state index contributed by atoms with van der Waals surface area (Å²) in [6.45, 7) is 31.6. The Morgan fingerprint density at radius 1 is 0.431 bits per heavy atom. The summed E-state index contributed by atoms with van der Waals surface area (Å²) in [7, 11) is 0. The maximum Gasteiger partial charge on any atom is 0.107 e. The second kappa shape index (κ2) is 36.0. The van der Waals surface area contributed by atoms with Crippen LogP contribution in [0.4, 0.5) is 0 Å². The number of rotatable bonds is 17. The van der Waals surface area contributed by atoms with Crippen molar-refractivity contribution >= 4 is 0 Å². The van der Waals surface area contributed by atoms with E-state index in [4.69, 9.17) is 36.5 Å². The van der Waals surface area contributed by atoms with E-state index in [2.05, 4.69) is 57.9 Å². The molecule has 0 saturated heterocycles. The third-order valence-electron chi connectivity index (χ3n) is 12.7. The van der Waals surface area contributed by atoms with Gasteiger partial charge in [0.25, 0.3) is 0 Å². The summed E-state index contributed by atoms with van der Waals surface area (Å²) in [5, 5.41) is 48.2. The van der Waals surface area contributed by atoms with Crippen molar-refractivity contribution in [2.75, 3.05) is 26.4 Å². The number of allylic oxidation sites excluding steroid dienone is 5. The van der Waals surface area contributed by atoms with Crippen LogP contribution in [-0.2, 0) is 23.7 Å². The summed E-state index contributed by atoms with van der Waals surface area (Å²) < 4.78 is 27.2. The lowest BCUT2D eigenvalue weighted by molar-refractivity contribution is -0.0898. The maximum absolute atomic E-state index is 9.69. The van der Waals surface area contributed by atoms with Crippen LogP contribution in [0.25, 0.3) is 0 Å². The standard InChI is InChI=1S/C11H20O2.C11H18O2.C11H16O2.C11H18O2.C11H16O2/c1-4-9-5-6-10(12)11(7-9)13-8(2)3;2*1-3-7-13-11-6-5-9(4-2)8-10(11)12;2*1-3-7-13-11-8-9(4-2)5-6-10(11)12/h4,8-12H,1,5-7H2,2-3H3;3-4,9-12H,1-2,5-8H2;1,4,9-12H,2,5-8H2;3-4,9-12H,1-2,5-8H2;1,4,9-12H,2,5-8H2. The Labute approximate surface area is 394 Å². The molecule has 0 aromatic heterocycles. The van der Waals surface area contributed by atoms with E-state index < -0.39 is 0 Å². The summed E-state index contributed by atoms with van der Waals surface area (Å²) in [5.41, 5.74) is 0. The molecule has 5 N–H and O–H groups in total. The lowest BCUT2D eigenvalue weighted by atomic mass is 9.85. The molecule has 0 radical (unpaired) electrons. The number of terminal acetylenes is 2. The Hall–Kier alpha value is -3.10. The van der Waals surface area contributed by atoms with Gasteiger partial charge in [-0.05, 0) is 140 Å². The third kappa shape index (κ3) is 25.0. The Morgan fingerprint density at radius 3 is 1.09 bits per heavy atom. The topological polar surface area (TPSA) is 147 Å². The largest absolute Gasteiger partial charge is 0.390 e. The van der Waals surface area contributed by atoms with Crippen LogP contribution >= 0.6 is 0 Å². The highest BCUT2D eigenvalue weighted by atomic mass is 16.5. The van der Waals surface area contributed by atoms with Crippen LogP contribution in [0.3, 0.4) is 0 Å². The van der Waals surface area contributed by atoms with Crippen LogP contribution in [0.1, 0.15) is 110 Å². The van der Waals surface area contributed by atoms with Gasteiger partial charge in [-0.2, -0.15) is 0 Å². The summed E-state index contributed by atoms with van der Waals surface area (Å²) in [6, 6.07) is 0. The van der Waals surface area contributed by atoms with Crippen LogP contribution < -0.4 is 0 Å². The van der Waals surface area contributed by atoms with Crippen LogP contribution in [0, 0.1) is 54.3 Å². The fourth-order valence-electron chi connectivity index (χ4n) is 8.74. The van der Waals surface area contributed by atoms with Gasteiger partial charge in [-0.25, -0.2) is 0 Å². The molecule has 10 heteroatoms. The van der Waals surface area contributed by atoms with Crippen molar-refractivity contribution in [3.63, 3.8) is 0 Å². The zero-order valence-electron chi connectivity index (χ0n) is 40.1. The van der Waals surface area contributed by atoms with Crippen LogP contribution in [0.2, 0.25) is 0 Å². The van der Waals surface area contributed by atoms with E-state index in [1.54, 1.807) is 12.2 Å². The first-order valence-electron chi connectivity index (χ1n) is 24.0. The summed E-state index contributed by atoms with van der Waals surface area (Å²) in [4.78, 5) is 0. The fourth-order valence-corrected chi connectivity index (χ4v) is 8.74. The second-order valence-corrected chi connectivity index (χ2v) is 18.0. The summed E-state index contributed by atoms with van der Waals surface area (Å²) in [5.74, 6) is 7.19. The fraction of sp³-hybridized carbons (Fsp3) is 0.673. The minimum absolute atomic E-state index is 0.00537. The van der Waals surface area contributed by atoms with Gasteiger partial charge in [0.15, 0.2) is 0 Å². The molecule has 0 amide bonds. The molecule has 5 rings (SSSR count). The molecule has 15 unspecified atom stereocenters. The molecule has 5 aliphatic rings. The molecule has 0 heterocycles. The first-order chi connectivity index (χ1) is 31.2. The molecular weight excluding hydrogens is 821 g/mol. The van der Waals surface area contributed by atoms with Crippen LogP contribution in [-0.4, -0.2) is 119 Å². The molecule has 0 spiro atoms. The predicted molar refractivity (Wildman–Crippen MR) is 265 cm³/mol. The number of aliphatic hydroxyl groups excluding tert-OH is 5. The summed E-state index contributed by atoms with van der Waals surface area (Å²) in [6.07, 6.45) is 35.2. The van der Waals surface area contributed by atoms with Crippen molar-refractivity contribution in [1.29, 1.82) is 0 Å². The van der Waals surface area contributed by atoms with Gasteiger partial charge in [0.2, 0.25) is 0 Å². The summed E-state index contributed by atoms with van der Waals surface area (Å²) >= 11 is 0. The van der Waals surface area contributed by atoms with Crippen molar-refractivity contribution < 1.29 is 49.2 Å². The zero-order chi connectivity index (χ0) is 48.6. The molecule has 0 bridgehead atoms. The van der Waals surface area contributed by atoms with E-state index in [0.717, 1.165) is 96.3 Å². The van der Waals surface area contributed by atoms with Gasteiger partial charge in [0.05, 0.1) is 80.4 Å². The smallest absolute Gasteiger partial charge is 0.107 e. The molecule has 10 nitrogen and oxygen atoms in total. The molecule has 5 aliphatic carbocycles. The van der Waals surface area contributed by atoms with E-state index in [1.165, 1.54) is 0 Å². The number of hydrogen-bond donors (Lipinski definition) is 5. The number of hydrogen-bond acceptors (Lipinski definition) is 10. The van der Waals surface area contributed by atoms with E-state index in [0.29, 0.717) is 49.4 Å². The molecule has 0 aliphatic heterocycles. The van der Waals surface area contributed by atoms with Gasteiger partial charge in [0, 0.05) is 0 Å². The normalized spacial score (nSPS) is 34.1. The van der Waals surface area contributed by atoms with E-state index in [9.17, 15) is 25.5 Å². The predicted octanol–water partition coefficient (Wildman–Crippen LogP) is 8.64. The SMILES string of the molecule is C#CCOC1CC(C=C)CCC1O.C#CCOC1CCC(C=C)CC1O.C=CC1CCC(O)C(OC(C)C)C1.C=CCOC1CC(C=C)CCC1O.C=CCOC1CCC(C=C)CC1O. The van der Waals surface area contributed by atoms with Crippen LogP contribution in [0.15, 0.2) is 88.6 Å². The molecule has 65 heavy (non-hydrogen) atoms. The highest BCUT2D eigenvalue weighted by Gasteiger charge is 2.32. The van der Waals surface area contributed by atoms with Crippen molar-refractivity contribution in [3.8, 4) is 24.7 Å². The average Bonchev–Trinajstić information content (AvgIpc) is 3.31. The maximum atomic E-state index is 9.69. The number of aliphatic hydroxyl groups is 5. The minimum atomic E-state index is -0.384. The van der Waals surface area contributed by atoms with Crippen LogP contribution in [0.5, 0.6) is 0 Å². The Balaban J connectivity index is 0.000000406. The molecule has 368 valence electrons. The molecule has 5 saturated carbocycles. The van der Waals surface area contributed by atoms with E-state index >= 15 is 0 Å². The van der Waals surface area contributed by atoms with Gasteiger partial charge in [-0.15, -0.1) is 58.9 Å². The van der Waals surface area contributed by atoms with Crippen molar-refractivity contribution in [1.82, 2.24) is 0 Å². The Kier molecular flexibility index (Phi) is 33.2. The number of ether oxygens (including phenoxy) is 5. The van der Waals surface area contributed by atoms with E-state index in [1.807, 2.05) is 44.2 Å². The highest BCUT2D eigenvalue weighted by molar-refractivity contribution is 4.94. The Morgan fingerprint density at radius 2 is 0.738 bits per heavy atom. The van der Waals surface area contributed by atoms with Crippen molar-refractivity contribution in [2.24, 2.45) is 29.6 Å². The highest BCUT2D eigenvalue weighted by Crippen LogP contribution is 2.31. The monoisotopic (exact) mass is 909 g/mol. The lowest BCUT2D eigenvalue weighted by Crippen LogP contribution is -2.37. The Bertz CT molecular complexity index is 1420. The van der Waals surface area contributed by atoms with E-state index in [-0.39, 0.29) is 73.8 Å². The lowest BCUT2D eigenvalue weighted by Gasteiger charge is -2.33. The van der Waals surface area contributed by atoms with Gasteiger partial charge in [-0.3, -0.25) is 0 Å². The van der Waals surface area contributed by atoms with Crippen molar-refractivity contribution in [2.45, 2.75) is 177 Å². The molecule has 15 atom stereocenters. The average molecular weight is 909 g/mol. The molecule has 5 fully saturated rings. The second-order valence-electron chi connectivity index (χ2n) is 18.0. The quantitative estimate of drug-likeness (QED) is 0.0710. The van der Waals surface area contributed by atoms with Crippen molar-refractivity contribution in [3.05, 3.63) is 88.6 Å². The van der Waals surface area contributed by atoms with Gasteiger partial charge in [-0.1, -0.05) is 54.4 Å². The molecule has 0 aromatic rings. The first kappa shape index (κ1) is 59.9. The first-order valence-corrected chi connectivity index (χ1v) is 24.0. The van der Waals surface area contributed by atoms with Gasteiger partial charge in [0.1, 0.15) is 13.2 Å². The minimum Gasteiger partial charge on any atom is -0.390 e. The third-order valence-corrected chi connectivity index (χ3v) is 12.7. The van der Waals surface area contributed by atoms with Gasteiger partial charge < -0.3 is 49.2 Å². The van der Waals surface area contributed by atoms with Gasteiger partial charge >= 0.3 is 0 Å². The molecular formula is C55H88O10. The zero-order valence-corrected chi connectivity index (χ0v) is 40.1.